The summed E-state index contributed by atoms with van der Waals surface area (Å²) in [6, 6.07) is 4.74. The van der Waals surface area contributed by atoms with Crippen LogP contribution in [0.2, 0.25) is 0 Å². The number of aryl methyl sites for hydroxylation is 1. The van der Waals surface area contributed by atoms with Crippen LogP contribution in [0.4, 0.5) is 5.69 Å². The van der Waals surface area contributed by atoms with Gasteiger partial charge in [0.25, 0.3) is 0 Å². The number of carboxylic acids is 1. The van der Waals surface area contributed by atoms with Crippen molar-refractivity contribution in [3.63, 3.8) is 0 Å². The Morgan fingerprint density at radius 3 is 2.78 bits per heavy atom. The molecule has 2 N–H and O–H groups in total. The van der Waals surface area contributed by atoms with Gasteiger partial charge in [-0.25, -0.2) is 4.79 Å². The van der Waals surface area contributed by atoms with E-state index in [0.29, 0.717) is 18.7 Å². The van der Waals surface area contributed by atoms with Crippen LogP contribution in [0.5, 0.6) is 0 Å². The van der Waals surface area contributed by atoms with Gasteiger partial charge in [0.15, 0.2) is 0 Å². The van der Waals surface area contributed by atoms with Crippen molar-refractivity contribution in [1.29, 1.82) is 0 Å². The molecule has 1 saturated heterocycles. The van der Waals surface area contributed by atoms with Crippen molar-refractivity contribution in [2.45, 2.75) is 19.4 Å². The number of aromatic carboxylic acids is 1. The number of likely N-dealkylation sites (tertiary alicyclic amines) is 1. The Hall–Kier alpha value is -2.04. The molecule has 0 aromatic heterocycles. The third-order valence-electron chi connectivity index (χ3n) is 3.16. The van der Waals surface area contributed by atoms with E-state index in [1.807, 2.05) is 6.92 Å². The summed E-state index contributed by atoms with van der Waals surface area (Å²) in [6.45, 7) is 2.59. The van der Waals surface area contributed by atoms with E-state index in [1.165, 1.54) is 0 Å². The molecule has 2 rings (SSSR count). The molecule has 0 bridgehead atoms. The number of benzene rings is 1. The first-order valence-corrected chi connectivity index (χ1v) is 5.84. The van der Waals surface area contributed by atoms with E-state index in [9.17, 15) is 9.59 Å². The predicted octanol–water partition coefficient (Wildman–Crippen LogP) is 1.34. The molecule has 1 atom stereocenters. The zero-order valence-electron chi connectivity index (χ0n) is 10.4. The number of nitrogens with one attached hydrogen (secondary N) is 1. The van der Waals surface area contributed by atoms with E-state index < -0.39 is 5.97 Å². The number of likely N-dealkylation sites (N-methyl/N-ethyl adjacent to an activating group) is 1. The van der Waals surface area contributed by atoms with Gasteiger partial charge in [0.05, 0.1) is 5.56 Å². The second-order valence-electron chi connectivity index (χ2n) is 4.60. The van der Waals surface area contributed by atoms with Crippen LogP contribution in [-0.4, -0.2) is 41.5 Å². The topological polar surface area (TPSA) is 69.6 Å². The third-order valence-corrected chi connectivity index (χ3v) is 3.16. The van der Waals surface area contributed by atoms with Gasteiger partial charge in [0.2, 0.25) is 5.91 Å². The summed E-state index contributed by atoms with van der Waals surface area (Å²) in [5, 5.41) is 12.2. The Labute approximate surface area is 105 Å². The van der Waals surface area contributed by atoms with Crippen LogP contribution in [0.1, 0.15) is 22.3 Å². The Balaban J connectivity index is 2.25. The molecule has 0 radical (unpaired) electrons. The molecule has 1 aliphatic rings. The molecule has 1 aromatic carbocycles. The number of hydrogen-bond donors (Lipinski definition) is 2. The van der Waals surface area contributed by atoms with Gasteiger partial charge in [-0.15, -0.1) is 0 Å². The fourth-order valence-corrected chi connectivity index (χ4v) is 2.11. The minimum absolute atomic E-state index is 0.00726. The van der Waals surface area contributed by atoms with Crippen LogP contribution >= 0.6 is 0 Å². The standard InChI is InChI=1S/C13H16N2O3/c1-8-3-4-9(13(17)18)11(7-8)14-10-5-6-15(2)12(10)16/h3-4,7,10,14H,5-6H2,1-2H3,(H,17,18). The highest BCUT2D eigenvalue weighted by molar-refractivity contribution is 5.96. The molecule has 5 nitrogen and oxygen atoms in total. The van der Waals surface area contributed by atoms with Crippen molar-refractivity contribution in [2.24, 2.45) is 0 Å². The fourth-order valence-electron chi connectivity index (χ4n) is 2.11. The zero-order chi connectivity index (χ0) is 13.3. The molecule has 0 spiro atoms. The quantitative estimate of drug-likeness (QED) is 0.846. The van der Waals surface area contributed by atoms with Crippen molar-refractivity contribution in [3.05, 3.63) is 29.3 Å². The maximum absolute atomic E-state index is 11.8. The second kappa shape index (κ2) is 4.68. The molecule has 1 heterocycles. The Morgan fingerprint density at radius 2 is 2.22 bits per heavy atom. The smallest absolute Gasteiger partial charge is 0.337 e. The number of amides is 1. The number of carbonyl (C=O) groups excluding carboxylic acids is 1. The summed E-state index contributed by atoms with van der Waals surface area (Å²) in [5.74, 6) is -0.982. The number of carbonyl (C=O) groups is 2. The normalized spacial score (nSPS) is 19.1. The lowest BCUT2D eigenvalue weighted by Gasteiger charge is -2.15. The van der Waals surface area contributed by atoms with E-state index in [-0.39, 0.29) is 17.5 Å². The van der Waals surface area contributed by atoms with Crippen molar-refractivity contribution < 1.29 is 14.7 Å². The number of nitrogens with zero attached hydrogens (tertiary/aromatic N) is 1. The molecule has 1 unspecified atom stereocenters. The third kappa shape index (κ3) is 2.30. The second-order valence-corrected chi connectivity index (χ2v) is 4.60. The SMILES string of the molecule is Cc1ccc(C(=O)O)c(NC2CCN(C)C2=O)c1. The Kier molecular flexibility index (Phi) is 3.23. The summed E-state index contributed by atoms with van der Waals surface area (Å²) >= 11 is 0. The first-order chi connectivity index (χ1) is 8.49. The zero-order valence-corrected chi connectivity index (χ0v) is 10.4. The van der Waals surface area contributed by atoms with E-state index in [4.69, 9.17) is 5.11 Å². The number of rotatable bonds is 3. The minimum Gasteiger partial charge on any atom is -0.478 e. The molecule has 0 saturated carbocycles. The van der Waals surface area contributed by atoms with Gasteiger partial charge in [0.1, 0.15) is 6.04 Å². The van der Waals surface area contributed by atoms with E-state index >= 15 is 0 Å². The molecule has 5 heteroatoms. The van der Waals surface area contributed by atoms with Gasteiger partial charge >= 0.3 is 5.97 Å². The van der Waals surface area contributed by atoms with Crippen LogP contribution in [0.3, 0.4) is 0 Å². The van der Waals surface area contributed by atoms with Crippen LogP contribution in [0.15, 0.2) is 18.2 Å². The fraction of sp³-hybridized carbons (Fsp3) is 0.385. The number of carboxylic acid groups (broad SMARTS) is 1. The van der Waals surface area contributed by atoms with Gasteiger partial charge in [0, 0.05) is 19.3 Å². The van der Waals surface area contributed by atoms with E-state index in [0.717, 1.165) is 5.56 Å². The molecule has 1 aromatic rings. The van der Waals surface area contributed by atoms with Crippen LogP contribution in [-0.2, 0) is 4.79 Å². The maximum atomic E-state index is 11.8. The predicted molar refractivity (Wildman–Crippen MR) is 67.8 cm³/mol. The molecule has 0 aliphatic carbocycles. The summed E-state index contributed by atoms with van der Waals surface area (Å²) in [5.41, 5.74) is 1.67. The maximum Gasteiger partial charge on any atom is 0.337 e. The molecular formula is C13H16N2O3. The summed E-state index contributed by atoms with van der Waals surface area (Å²) in [6.07, 6.45) is 0.697. The summed E-state index contributed by atoms with van der Waals surface area (Å²) in [7, 11) is 1.75. The number of anilines is 1. The molecular weight excluding hydrogens is 232 g/mol. The lowest BCUT2D eigenvalue weighted by atomic mass is 10.1. The largest absolute Gasteiger partial charge is 0.478 e. The van der Waals surface area contributed by atoms with Gasteiger partial charge in [-0.1, -0.05) is 6.07 Å². The van der Waals surface area contributed by atoms with E-state index in [1.54, 1.807) is 30.1 Å². The number of hydrogen-bond acceptors (Lipinski definition) is 3. The molecule has 1 aliphatic heterocycles. The monoisotopic (exact) mass is 248 g/mol. The Morgan fingerprint density at radius 1 is 1.50 bits per heavy atom. The summed E-state index contributed by atoms with van der Waals surface area (Å²) in [4.78, 5) is 24.6. The van der Waals surface area contributed by atoms with Crippen LogP contribution in [0.25, 0.3) is 0 Å². The first kappa shape index (κ1) is 12.4. The minimum atomic E-state index is -0.990. The highest BCUT2D eigenvalue weighted by atomic mass is 16.4. The van der Waals surface area contributed by atoms with Crippen molar-refractivity contribution in [3.8, 4) is 0 Å². The first-order valence-electron chi connectivity index (χ1n) is 5.84. The van der Waals surface area contributed by atoms with Gasteiger partial charge in [-0.3, -0.25) is 4.79 Å². The lowest BCUT2D eigenvalue weighted by molar-refractivity contribution is -0.127. The highest BCUT2D eigenvalue weighted by Gasteiger charge is 2.29. The van der Waals surface area contributed by atoms with Crippen LogP contribution in [0, 0.1) is 6.92 Å². The summed E-state index contributed by atoms with van der Waals surface area (Å²) < 4.78 is 0. The lowest BCUT2D eigenvalue weighted by Crippen LogP contribution is -2.31. The Bertz CT molecular complexity index is 499. The average molecular weight is 248 g/mol. The van der Waals surface area contributed by atoms with E-state index in [2.05, 4.69) is 5.32 Å². The molecule has 96 valence electrons. The van der Waals surface area contributed by atoms with Crippen molar-refractivity contribution >= 4 is 17.6 Å². The van der Waals surface area contributed by atoms with Crippen LogP contribution < -0.4 is 5.32 Å². The molecule has 1 amide bonds. The van der Waals surface area contributed by atoms with Crippen molar-refractivity contribution in [1.82, 2.24) is 4.90 Å². The van der Waals surface area contributed by atoms with Gasteiger partial charge < -0.3 is 15.3 Å². The average Bonchev–Trinajstić information content (AvgIpc) is 2.61. The van der Waals surface area contributed by atoms with Crippen molar-refractivity contribution in [2.75, 3.05) is 18.9 Å². The van der Waals surface area contributed by atoms with Gasteiger partial charge in [-0.05, 0) is 31.0 Å². The highest BCUT2D eigenvalue weighted by Crippen LogP contribution is 2.21. The molecule has 18 heavy (non-hydrogen) atoms. The molecule has 1 fully saturated rings. The van der Waals surface area contributed by atoms with Gasteiger partial charge in [-0.2, -0.15) is 0 Å².